The van der Waals surface area contributed by atoms with Gasteiger partial charge in [-0.3, -0.25) is 9.59 Å². The van der Waals surface area contributed by atoms with Gasteiger partial charge in [0, 0.05) is 5.69 Å². The number of allylic oxidation sites excluding steroid dienone is 2. The second kappa shape index (κ2) is 5.29. The summed E-state index contributed by atoms with van der Waals surface area (Å²) in [4.78, 5) is 34.8. The molecule has 4 atom stereocenters. The Morgan fingerprint density at radius 3 is 2.36 bits per heavy atom. The van der Waals surface area contributed by atoms with Crippen LogP contribution in [0.5, 0.6) is 0 Å². The summed E-state index contributed by atoms with van der Waals surface area (Å²) in [6.07, 6.45) is 4.46. The highest BCUT2D eigenvalue weighted by atomic mass is 16.4. The molecule has 6 heteroatoms. The maximum atomic E-state index is 12.4. The monoisotopic (exact) mass is 301 g/mol. The van der Waals surface area contributed by atoms with Gasteiger partial charge in [0.1, 0.15) is 0 Å². The van der Waals surface area contributed by atoms with E-state index in [1.165, 1.54) is 18.2 Å². The Kier molecular flexibility index (Phi) is 3.44. The van der Waals surface area contributed by atoms with Crippen molar-refractivity contribution in [3.8, 4) is 0 Å². The van der Waals surface area contributed by atoms with E-state index in [2.05, 4.69) is 5.32 Å². The minimum absolute atomic E-state index is 0.0613. The molecule has 1 aromatic carbocycles. The van der Waals surface area contributed by atoms with Crippen LogP contribution >= 0.6 is 0 Å². The van der Waals surface area contributed by atoms with Gasteiger partial charge in [0.2, 0.25) is 5.91 Å². The number of hydrogen-bond donors (Lipinski definition) is 3. The number of aliphatic carboxylic acids is 1. The van der Waals surface area contributed by atoms with Crippen molar-refractivity contribution >= 4 is 23.5 Å². The van der Waals surface area contributed by atoms with E-state index in [0.717, 1.165) is 0 Å². The van der Waals surface area contributed by atoms with Crippen LogP contribution in [-0.4, -0.2) is 28.1 Å². The van der Waals surface area contributed by atoms with E-state index in [4.69, 9.17) is 5.11 Å². The predicted octanol–water partition coefficient (Wildman–Crippen LogP) is 1.85. The van der Waals surface area contributed by atoms with Gasteiger partial charge in [-0.15, -0.1) is 0 Å². The van der Waals surface area contributed by atoms with Crippen LogP contribution < -0.4 is 5.32 Å². The second-order valence-electron chi connectivity index (χ2n) is 5.71. The van der Waals surface area contributed by atoms with Crippen molar-refractivity contribution in [1.82, 2.24) is 0 Å². The Bertz CT molecular complexity index is 681. The summed E-state index contributed by atoms with van der Waals surface area (Å²) in [6.45, 7) is 0. The standard InChI is InChI=1S/C16H15NO5/c18-14(17-11-3-1-2-10(7-11)15(19)20)12-8-4-5-9(6-8)13(12)16(21)22/h1-5,7-9,12-13H,6H2,(H,17,18)(H,19,20)(H,21,22)/t8-,9+,12+,13+/m1/s1. The first-order valence-electron chi connectivity index (χ1n) is 7.02. The van der Waals surface area contributed by atoms with E-state index in [9.17, 15) is 19.5 Å². The zero-order chi connectivity index (χ0) is 15.9. The summed E-state index contributed by atoms with van der Waals surface area (Å²) in [6, 6.07) is 5.91. The van der Waals surface area contributed by atoms with Gasteiger partial charge in [0.25, 0.3) is 0 Å². The van der Waals surface area contributed by atoms with Gasteiger partial charge in [-0.25, -0.2) is 4.79 Å². The van der Waals surface area contributed by atoms with Gasteiger partial charge in [-0.05, 0) is 36.5 Å². The molecule has 2 aliphatic carbocycles. The smallest absolute Gasteiger partial charge is 0.335 e. The van der Waals surface area contributed by atoms with Crippen molar-refractivity contribution in [2.75, 3.05) is 5.32 Å². The molecule has 3 rings (SSSR count). The summed E-state index contributed by atoms with van der Waals surface area (Å²) < 4.78 is 0. The SMILES string of the molecule is O=C(O)c1cccc(NC(=O)[C@@H]2[C@@H](C(=O)O)[C@H]3C=C[C@@H]2C3)c1. The van der Waals surface area contributed by atoms with Gasteiger partial charge in [-0.1, -0.05) is 18.2 Å². The van der Waals surface area contributed by atoms with Crippen LogP contribution in [0.2, 0.25) is 0 Å². The molecule has 2 bridgehead atoms. The maximum Gasteiger partial charge on any atom is 0.335 e. The van der Waals surface area contributed by atoms with Crippen LogP contribution in [-0.2, 0) is 9.59 Å². The molecule has 0 unspecified atom stereocenters. The van der Waals surface area contributed by atoms with Gasteiger partial charge in [-0.2, -0.15) is 0 Å². The van der Waals surface area contributed by atoms with Gasteiger partial charge in [0.15, 0.2) is 0 Å². The Balaban J connectivity index is 1.80. The lowest BCUT2D eigenvalue weighted by atomic mass is 9.82. The molecule has 3 N–H and O–H groups in total. The average Bonchev–Trinajstić information content (AvgIpc) is 3.07. The van der Waals surface area contributed by atoms with Gasteiger partial charge in [0.05, 0.1) is 17.4 Å². The van der Waals surface area contributed by atoms with Gasteiger partial charge >= 0.3 is 11.9 Å². The minimum Gasteiger partial charge on any atom is -0.481 e. The third kappa shape index (κ3) is 2.36. The van der Waals surface area contributed by atoms with Crippen molar-refractivity contribution in [3.63, 3.8) is 0 Å². The largest absolute Gasteiger partial charge is 0.481 e. The Hall–Kier alpha value is -2.63. The third-order valence-corrected chi connectivity index (χ3v) is 4.42. The molecule has 1 fully saturated rings. The number of carbonyl (C=O) groups is 3. The van der Waals surface area contributed by atoms with Crippen molar-refractivity contribution in [2.24, 2.45) is 23.7 Å². The van der Waals surface area contributed by atoms with Crippen molar-refractivity contribution in [1.29, 1.82) is 0 Å². The fourth-order valence-electron chi connectivity index (χ4n) is 3.47. The van der Waals surface area contributed by atoms with Crippen LogP contribution in [0.25, 0.3) is 0 Å². The van der Waals surface area contributed by atoms with Crippen LogP contribution in [0.15, 0.2) is 36.4 Å². The fourth-order valence-corrected chi connectivity index (χ4v) is 3.47. The number of carboxylic acid groups (broad SMARTS) is 2. The highest BCUT2D eigenvalue weighted by Gasteiger charge is 2.51. The Morgan fingerprint density at radius 1 is 1.05 bits per heavy atom. The number of fused-ring (bicyclic) bond motifs is 2. The molecule has 0 spiro atoms. The molecule has 114 valence electrons. The molecule has 0 heterocycles. The first-order chi connectivity index (χ1) is 10.5. The molecule has 1 saturated carbocycles. The van der Waals surface area contributed by atoms with E-state index in [0.29, 0.717) is 12.1 Å². The molecule has 2 aliphatic rings. The lowest BCUT2D eigenvalue weighted by Crippen LogP contribution is -2.36. The number of carbonyl (C=O) groups excluding carboxylic acids is 1. The molecular weight excluding hydrogens is 286 g/mol. The number of nitrogens with one attached hydrogen (secondary N) is 1. The van der Waals surface area contributed by atoms with Crippen molar-refractivity contribution < 1.29 is 24.6 Å². The van der Waals surface area contributed by atoms with E-state index in [1.54, 1.807) is 6.07 Å². The summed E-state index contributed by atoms with van der Waals surface area (Å²) >= 11 is 0. The zero-order valence-corrected chi connectivity index (χ0v) is 11.6. The highest BCUT2D eigenvalue weighted by Crippen LogP contribution is 2.48. The summed E-state index contributed by atoms with van der Waals surface area (Å²) in [5, 5.41) is 21.0. The highest BCUT2D eigenvalue weighted by molar-refractivity contribution is 5.97. The summed E-state index contributed by atoms with van der Waals surface area (Å²) in [5.74, 6) is -3.89. The van der Waals surface area contributed by atoms with Crippen LogP contribution in [0.3, 0.4) is 0 Å². The summed E-state index contributed by atoms with van der Waals surface area (Å²) in [7, 11) is 0. The zero-order valence-electron chi connectivity index (χ0n) is 11.6. The van der Waals surface area contributed by atoms with Crippen LogP contribution in [0.4, 0.5) is 5.69 Å². The predicted molar refractivity (Wildman–Crippen MR) is 77.4 cm³/mol. The van der Waals surface area contributed by atoms with E-state index in [-0.39, 0.29) is 23.3 Å². The van der Waals surface area contributed by atoms with Crippen LogP contribution in [0.1, 0.15) is 16.8 Å². The van der Waals surface area contributed by atoms with E-state index < -0.39 is 23.8 Å². The normalized spacial score (nSPS) is 28.5. The van der Waals surface area contributed by atoms with Gasteiger partial charge < -0.3 is 15.5 Å². The lowest BCUT2D eigenvalue weighted by molar-refractivity contribution is -0.146. The number of amides is 1. The Morgan fingerprint density at radius 2 is 1.73 bits per heavy atom. The third-order valence-electron chi connectivity index (χ3n) is 4.42. The molecule has 0 radical (unpaired) electrons. The van der Waals surface area contributed by atoms with Crippen LogP contribution in [0, 0.1) is 23.7 Å². The quantitative estimate of drug-likeness (QED) is 0.736. The van der Waals surface area contributed by atoms with E-state index in [1.807, 2.05) is 12.2 Å². The number of anilines is 1. The molecule has 1 amide bonds. The molecular formula is C16H15NO5. The number of aromatic carboxylic acids is 1. The van der Waals surface area contributed by atoms with Crippen molar-refractivity contribution in [3.05, 3.63) is 42.0 Å². The molecule has 6 nitrogen and oxygen atoms in total. The second-order valence-corrected chi connectivity index (χ2v) is 5.71. The molecule has 0 aliphatic heterocycles. The number of rotatable bonds is 4. The van der Waals surface area contributed by atoms with Crippen molar-refractivity contribution in [2.45, 2.75) is 6.42 Å². The summed E-state index contributed by atoms with van der Waals surface area (Å²) in [5.41, 5.74) is 0.432. The molecule has 0 aromatic heterocycles. The van der Waals surface area contributed by atoms with E-state index >= 15 is 0 Å². The Labute approximate surface area is 126 Å². The number of hydrogen-bond acceptors (Lipinski definition) is 3. The topological polar surface area (TPSA) is 104 Å². The molecule has 0 saturated heterocycles. The molecule has 1 aromatic rings. The molecule has 22 heavy (non-hydrogen) atoms. The first-order valence-corrected chi connectivity index (χ1v) is 7.02. The first kappa shape index (κ1) is 14.3. The fraction of sp³-hybridized carbons (Fsp3) is 0.312. The average molecular weight is 301 g/mol. The minimum atomic E-state index is -1.08. The maximum absolute atomic E-state index is 12.4. The number of carboxylic acids is 2. The lowest BCUT2D eigenvalue weighted by Gasteiger charge is -2.23. The number of benzene rings is 1.